The van der Waals surface area contributed by atoms with Gasteiger partial charge >= 0.3 is 6.18 Å². The van der Waals surface area contributed by atoms with Gasteiger partial charge in [0.1, 0.15) is 5.75 Å². The summed E-state index contributed by atoms with van der Waals surface area (Å²) >= 11 is 6.12. The average molecular weight is 438 g/mol. The summed E-state index contributed by atoms with van der Waals surface area (Å²) in [5.41, 5.74) is -0.525. The molecule has 0 bridgehead atoms. The zero-order chi connectivity index (χ0) is 22.1. The van der Waals surface area contributed by atoms with Crippen LogP contribution in [0.1, 0.15) is 38.3 Å². The molecule has 0 saturated heterocycles. The van der Waals surface area contributed by atoms with Gasteiger partial charge in [-0.3, -0.25) is 4.79 Å². The molecule has 0 fully saturated rings. The van der Waals surface area contributed by atoms with Gasteiger partial charge in [0, 0.05) is 6.20 Å². The third-order valence-electron chi connectivity index (χ3n) is 4.93. The number of nitrogens with zero attached hydrogens (tertiary/aromatic N) is 3. The molecule has 0 aliphatic rings. The summed E-state index contributed by atoms with van der Waals surface area (Å²) in [6.45, 7) is 6.38. The first-order valence-corrected chi connectivity index (χ1v) is 9.50. The van der Waals surface area contributed by atoms with E-state index in [2.05, 4.69) is 30.9 Å². The van der Waals surface area contributed by atoms with E-state index in [1.165, 1.54) is 6.20 Å². The standard InChI is InChI=1S/C21H19ClF3N3O2/c1-4-20(2,3)13-5-8-15(9-6-13)30-16-12-27-28(19(29)18(16)22)17-10-7-14(11-26-17)21(23,24)25/h5-12H,4H2,1-3H3. The maximum absolute atomic E-state index is 12.7. The van der Waals surface area contributed by atoms with Crippen molar-refractivity contribution < 1.29 is 17.9 Å². The van der Waals surface area contributed by atoms with Gasteiger partial charge in [-0.25, -0.2) is 4.98 Å². The van der Waals surface area contributed by atoms with E-state index in [9.17, 15) is 18.0 Å². The fourth-order valence-corrected chi connectivity index (χ4v) is 2.80. The van der Waals surface area contributed by atoms with Crippen molar-refractivity contribution >= 4 is 11.6 Å². The maximum Gasteiger partial charge on any atom is 0.417 e. The molecule has 0 atom stereocenters. The van der Waals surface area contributed by atoms with E-state index in [1.54, 1.807) is 12.1 Å². The Kier molecular flexibility index (Phi) is 5.90. The highest BCUT2D eigenvalue weighted by atomic mass is 35.5. The molecule has 5 nitrogen and oxygen atoms in total. The Balaban J connectivity index is 1.86. The van der Waals surface area contributed by atoms with Gasteiger partial charge in [0.15, 0.2) is 16.6 Å². The van der Waals surface area contributed by atoms with Gasteiger partial charge < -0.3 is 4.74 Å². The Morgan fingerprint density at radius 1 is 1.03 bits per heavy atom. The quantitative estimate of drug-likeness (QED) is 0.507. The number of rotatable bonds is 5. The molecule has 0 saturated carbocycles. The van der Waals surface area contributed by atoms with Gasteiger partial charge in [0.2, 0.25) is 0 Å². The molecule has 0 amide bonds. The molecule has 3 rings (SSSR count). The predicted octanol–water partition coefficient (Wildman–Crippen LogP) is 5.78. The van der Waals surface area contributed by atoms with Gasteiger partial charge in [-0.05, 0) is 41.7 Å². The van der Waals surface area contributed by atoms with Crippen molar-refractivity contribution in [3.63, 3.8) is 0 Å². The first-order chi connectivity index (χ1) is 14.0. The lowest BCUT2D eigenvalue weighted by molar-refractivity contribution is -0.137. The predicted molar refractivity (Wildman–Crippen MR) is 107 cm³/mol. The van der Waals surface area contributed by atoms with E-state index in [0.717, 1.165) is 28.8 Å². The molecule has 3 aromatic rings. The van der Waals surface area contributed by atoms with E-state index in [0.29, 0.717) is 11.9 Å². The molecule has 30 heavy (non-hydrogen) atoms. The highest BCUT2D eigenvalue weighted by Crippen LogP contribution is 2.31. The summed E-state index contributed by atoms with van der Waals surface area (Å²) in [6.07, 6.45) is -1.71. The van der Waals surface area contributed by atoms with Crippen molar-refractivity contribution in [1.29, 1.82) is 0 Å². The second kappa shape index (κ2) is 8.10. The summed E-state index contributed by atoms with van der Waals surface area (Å²) < 4.78 is 44.5. The highest BCUT2D eigenvalue weighted by molar-refractivity contribution is 6.31. The van der Waals surface area contributed by atoms with E-state index in [-0.39, 0.29) is 22.0 Å². The first kappa shape index (κ1) is 21.8. The van der Waals surface area contributed by atoms with Crippen molar-refractivity contribution in [2.45, 2.75) is 38.8 Å². The Labute approximate surface area is 176 Å². The normalized spacial score (nSPS) is 12.1. The molecule has 0 spiro atoms. The number of aromatic nitrogens is 3. The van der Waals surface area contributed by atoms with Crippen LogP contribution in [-0.2, 0) is 11.6 Å². The molecular formula is C21H19ClF3N3O2. The largest absolute Gasteiger partial charge is 0.454 e. The topological polar surface area (TPSA) is 57.0 Å². The van der Waals surface area contributed by atoms with Crippen molar-refractivity contribution in [2.24, 2.45) is 0 Å². The van der Waals surface area contributed by atoms with Crippen LogP contribution in [0.3, 0.4) is 0 Å². The van der Waals surface area contributed by atoms with Crippen LogP contribution in [0.2, 0.25) is 5.02 Å². The number of hydrogen-bond acceptors (Lipinski definition) is 4. The lowest BCUT2D eigenvalue weighted by Gasteiger charge is -2.23. The molecule has 9 heteroatoms. The SMILES string of the molecule is CCC(C)(C)c1ccc(Oc2cnn(-c3ccc(C(F)(F)F)cn3)c(=O)c2Cl)cc1. The number of ether oxygens (including phenoxy) is 1. The van der Waals surface area contributed by atoms with Crippen molar-refractivity contribution in [2.75, 3.05) is 0 Å². The lowest BCUT2D eigenvalue weighted by atomic mass is 9.82. The Bertz CT molecular complexity index is 1090. The van der Waals surface area contributed by atoms with Gasteiger partial charge in [-0.2, -0.15) is 23.0 Å². The van der Waals surface area contributed by atoms with Crippen LogP contribution in [0.5, 0.6) is 11.5 Å². The number of hydrogen-bond donors (Lipinski definition) is 0. The average Bonchev–Trinajstić information content (AvgIpc) is 2.71. The number of alkyl halides is 3. The zero-order valence-electron chi connectivity index (χ0n) is 16.5. The molecule has 2 aromatic heterocycles. The van der Waals surface area contributed by atoms with Crippen LogP contribution in [0.15, 0.2) is 53.6 Å². The summed E-state index contributed by atoms with van der Waals surface area (Å²) in [5.74, 6) is 0.416. The second-order valence-electron chi connectivity index (χ2n) is 7.31. The van der Waals surface area contributed by atoms with Crippen LogP contribution in [0.4, 0.5) is 13.2 Å². The van der Waals surface area contributed by atoms with Gasteiger partial charge in [0.25, 0.3) is 5.56 Å². The molecule has 1 aromatic carbocycles. The third-order valence-corrected chi connectivity index (χ3v) is 5.27. The maximum atomic E-state index is 12.7. The third kappa shape index (κ3) is 4.48. The summed E-state index contributed by atoms with van der Waals surface area (Å²) in [4.78, 5) is 16.2. The van der Waals surface area contributed by atoms with Gasteiger partial charge in [-0.1, -0.05) is 44.5 Å². The summed E-state index contributed by atoms with van der Waals surface area (Å²) in [5, 5.41) is 3.66. The molecule has 158 valence electrons. The van der Waals surface area contributed by atoms with Crippen LogP contribution in [-0.4, -0.2) is 14.8 Å². The zero-order valence-corrected chi connectivity index (χ0v) is 17.3. The Hall–Kier alpha value is -2.87. The highest BCUT2D eigenvalue weighted by Gasteiger charge is 2.30. The van der Waals surface area contributed by atoms with E-state index in [4.69, 9.17) is 16.3 Å². The minimum Gasteiger partial charge on any atom is -0.454 e. The molecule has 0 aliphatic heterocycles. The number of halogens is 4. The molecule has 0 N–H and O–H groups in total. The van der Waals surface area contributed by atoms with E-state index >= 15 is 0 Å². The summed E-state index contributed by atoms with van der Waals surface area (Å²) in [7, 11) is 0. The first-order valence-electron chi connectivity index (χ1n) is 9.13. The number of pyridine rings is 1. The van der Waals surface area contributed by atoms with Gasteiger partial charge in [-0.15, -0.1) is 0 Å². The van der Waals surface area contributed by atoms with Crippen LogP contribution in [0, 0.1) is 0 Å². The second-order valence-corrected chi connectivity index (χ2v) is 7.68. The monoisotopic (exact) mass is 437 g/mol. The van der Waals surface area contributed by atoms with E-state index < -0.39 is 17.3 Å². The van der Waals surface area contributed by atoms with Crippen molar-refractivity contribution in [1.82, 2.24) is 14.8 Å². The molecule has 0 unspecified atom stereocenters. The summed E-state index contributed by atoms with van der Waals surface area (Å²) in [6, 6.07) is 9.27. The molecule has 0 aliphatic carbocycles. The Morgan fingerprint density at radius 2 is 1.67 bits per heavy atom. The van der Waals surface area contributed by atoms with Gasteiger partial charge in [0.05, 0.1) is 11.8 Å². The minimum absolute atomic E-state index is 0.0207. The van der Waals surface area contributed by atoms with Crippen LogP contribution in [0.25, 0.3) is 5.82 Å². The minimum atomic E-state index is -4.53. The smallest absolute Gasteiger partial charge is 0.417 e. The Morgan fingerprint density at radius 3 is 2.20 bits per heavy atom. The van der Waals surface area contributed by atoms with E-state index in [1.807, 2.05) is 12.1 Å². The van der Waals surface area contributed by atoms with Crippen LogP contribution < -0.4 is 10.3 Å². The van der Waals surface area contributed by atoms with Crippen molar-refractivity contribution in [3.05, 3.63) is 75.3 Å². The molecule has 2 heterocycles. The van der Waals surface area contributed by atoms with Crippen molar-refractivity contribution in [3.8, 4) is 17.3 Å². The van der Waals surface area contributed by atoms with Crippen LogP contribution >= 0.6 is 11.6 Å². The molecule has 0 radical (unpaired) electrons. The fourth-order valence-electron chi connectivity index (χ4n) is 2.64. The molecular weight excluding hydrogens is 419 g/mol. The lowest BCUT2D eigenvalue weighted by Crippen LogP contribution is -2.23. The fraction of sp³-hybridized carbons (Fsp3) is 0.286. The number of benzene rings is 1.